The number of carbonyl (C=O) groups excluding carboxylic acids is 1. The molecule has 0 aliphatic heterocycles. The van der Waals surface area contributed by atoms with Crippen molar-refractivity contribution in [2.45, 2.75) is 0 Å². The van der Waals surface area contributed by atoms with E-state index >= 15 is 0 Å². The number of nitro groups is 1. The highest BCUT2D eigenvalue weighted by molar-refractivity contribution is 5.82. The molecule has 3 rings (SSSR count). The van der Waals surface area contributed by atoms with Crippen LogP contribution < -0.4 is 15.1 Å². The van der Waals surface area contributed by atoms with Crippen molar-refractivity contribution in [3.05, 3.63) is 82.7 Å². The van der Waals surface area contributed by atoms with Gasteiger partial charge < -0.3 is 14.2 Å². The van der Waals surface area contributed by atoms with E-state index in [2.05, 4.69) is 10.5 Å². The second-order valence-corrected chi connectivity index (χ2v) is 6.52. The monoisotopic (exact) mass is 407 g/mol. The van der Waals surface area contributed by atoms with Gasteiger partial charge in [-0.3, -0.25) is 14.9 Å². The minimum absolute atomic E-state index is 0.0247. The number of para-hydroxylation sites is 2. The van der Waals surface area contributed by atoms with Crippen LogP contribution in [0, 0.1) is 10.1 Å². The standard InChI is InChI=1S/C21H21N5O4/c1-24(2)16-9-11-17(12-10-16)25-13-5-6-18(25)14-22-23-21(27)15-30-20-8-4-3-7-19(20)26(28)29/h3-14H,15H2,1-2H3,(H,23,27)/b22-14+. The normalized spacial score (nSPS) is 10.7. The number of aromatic nitrogens is 1. The van der Waals surface area contributed by atoms with Crippen LogP contribution in [0.5, 0.6) is 5.75 Å². The van der Waals surface area contributed by atoms with Crippen LogP contribution in [0.25, 0.3) is 5.69 Å². The van der Waals surface area contributed by atoms with Gasteiger partial charge in [0.25, 0.3) is 5.91 Å². The highest BCUT2D eigenvalue weighted by Crippen LogP contribution is 2.25. The fraction of sp³-hybridized carbons (Fsp3) is 0.143. The molecule has 9 heteroatoms. The lowest BCUT2D eigenvalue weighted by molar-refractivity contribution is -0.385. The fourth-order valence-electron chi connectivity index (χ4n) is 2.72. The van der Waals surface area contributed by atoms with Crippen LogP contribution in [0.1, 0.15) is 5.69 Å². The number of hydrogen-bond donors (Lipinski definition) is 1. The van der Waals surface area contributed by atoms with Gasteiger partial charge in [0.15, 0.2) is 12.4 Å². The summed E-state index contributed by atoms with van der Waals surface area (Å²) in [7, 11) is 3.95. The van der Waals surface area contributed by atoms with Crippen LogP contribution in [0.3, 0.4) is 0 Å². The van der Waals surface area contributed by atoms with Crippen LogP contribution in [0.4, 0.5) is 11.4 Å². The molecular weight excluding hydrogens is 386 g/mol. The van der Waals surface area contributed by atoms with Crippen molar-refractivity contribution >= 4 is 23.5 Å². The molecule has 1 amide bonds. The maximum atomic E-state index is 12.0. The molecule has 30 heavy (non-hydrogen) atoms. The van der Waals surface area contributed by atoms with E-state index in [9.17, 15) is 14.9 Å². The van der Waals surface area contributed by atoms with Gasteiger partial charge in [-0.05, 0) is 42.5 Å². The Morgan fingerprint density at radius 1 is 1.17 bits per heavy atom. The molecule has 0 unspecified atom stereocenters. The molecule has 0 fully saturated rings. The number of nitrogens with one attached hydrogen (secondary N) is 1. The Hall–Kier alpha value is -4.14. The van der Waals surface area contributed by atoms with Gasteiger partial charge in [0.2, 0.25) is 0 Å². The Morgan fingerprint density at radius 3 is 2.60 bits per heavy atom. The minimum Gasteiger partial charge on any atom is -0.477 e. The molecule has 154 valence electrons. The lowest BCUT2D eigenvalue weighted by atomic mass is 10.2. The first-order valence-corrected chi connectivity index (χ1v) is 9.09. The van der Waals surface area contributed by atoms with E-state index in [1.807, 2.05) is 66.2 Å². The molecule has 0 spiro atoms. The average Bonchev–Trinajstić information content (AvgIpc) is 3.21. The third-order valence-electron chi connectivity index (χ3n) is 4.23. The number of rotatable bonds is 8. The fourth-order valence-corrected chi connectivity index (χ4v) is 2.72. The lowest BCUT2D eigenvalue weighted by Gasteiger charge is -2.13. The van der Waals surface area contributed by atoms with Crippen LogP contribution in [0.15, 0.2) is 72.0 Å². The molecular formula is C21H21N5O4. The summed E-state index contributed by atoms with van der Waals surface area (Å²) in [6.07, 6.45) is 3.41. The number of nitro benzene ring substituents is 1. The van der Waals surface area contributed by atoms with Crippen LogP contribution in [0.2, 0.25) is 0 Å². The van der Waals surface area contributed by atoms with Crippen LogP contribution in [-0.4, -0.2) is 42.3 Å². The van der Waals surface area contributed by atoms with Gasteiger partial charge in [0.05, 0.1) is 16.8 Å². The number of carbonyl (C=O) groups is 1. The van der Waals surface area contributed by atoms with Crippen molar-refractivity contribution in [3.8, 4) is 11.4 Å². The maximum Gasteiger partial charge on any atom is 0.310 e. The number of ether oxygens (including phenoxy) is 1. The largest absolute Gasteiger partial charge is 0.477 e. The molecule has 0 aliphatic rings. The summed E-state index contributed by atoms with van der Waals surface area (Å²) in [5, 5.41) is 14.9. The summed E-state index contributed by atoms with van der Waals surface area (Å²) in [6, 6.07) is 17.6. The van der Waals surface area contributed by atoms with Crippen molar-refractivity contribution in [3.63, 3.8) is 0 Å². The van der Waals surface area contributed by atoms with E-state index in [1.54, 1.807) is 6.07 Å². The maximum absolute atomic E-state index is 12.0. The molecule has 1 N–H and O–H groups in total. The van der Waals surface area contributed by atoms with Gasteiger partial charge in [-0.15, -0.1) is 0 Å². The highest BCUT2D eigenvalue weighted by Gasteiger charge is 2.14. The van der Waals surface area contributed by atoms with Gasteiger partial charge >= 0.3 is 5.69 Å². The molecule has 9 nitrogen and oxygen atoms in total. The highest BCUT2D eigenvalue weighted by atomic mass is 16.6. The Morgan fingerprint density at radius 2 is 1.90 bits per heavy atom. The first-order chi connectivity index (χ1) is 14.5. The first-order valence-electron chi connectivity index (χ1n) is 9.09. The van der Waals surface area contributed by atoms with Crippen molar-refractivity contribution < 1.29 is 14.5 Å². The summed E-state index contributed by atoms with van der Waals surface area (Å²) in [6.45, 7) is -0.394. The SMILES string of the molecule is CN(C)c1ccc(-n2cccc2/C=N/NC(=O)COc2ccccc2[N+](=O)[O-])cc1. The quantitative estimate of drug-likeness (QED) is 0.351. The Labute approximate surface area is 173 Å². The molecule has 0 saturated heterocycles. The number of hydrogen-bond acceptors (Lipinski definition) is 6. The Bertz CT molecular complexity index is 1060. The second kappa shape index (κ2) is 9.37. The Kier molecular flexibility index (Phi) is 6.43. The number of benzene rings is 2. The summed E-state index contributed by atoms with van der Waals surface area (Å²) in [5.74, 6) is -0.505. The van der Waals surface area contributed by atoms with Crippen LogP contribution in [-0.2, 0) is 4.79 Å². The second-order valence-electron chi connectivity index (χ2n) is 6.52. The molecule has 0 radical (unpaired) electrons. The third-order valence-corrected chi connectivity index (χ3v) is 4.23. The molecule has 3 aromatic rings. The summed E-state index contributed by atoms with van der Waals surface area (Å²) in [4.78, 5) is 24.4. The molecule has 2 aromatic carbocycles. The number of nitrogens with zero attached hydrogens (tertiary/aromatic N) is 4. The van der Waals surface area contributed by atoms with E-state index in [1.165, 1.54) is 24.4 Å². The zero-order chi connectivity index (χ0) is 21.5. The summed E-state index contributed by atoms with van der Waals surface area (Å²) >= 11 is 0. The van der Waals surface area contributed by atoms with Crippen molar-refractivity contribution in [1.29, 1.82) is 0 Å². The van der Waals surface area contributed by atoms with Gasteiger partial charge in [-0.1, -0.05) is 12.1 Å². The summed E-state index contributed by atoms with van der Waals surface area (Å²) in [5.41, 5.74) is 4.97. The number of hydrazone groups is 1. The number of amides is 1. The predicted molar refractivity (Wildman–Crippen MR) is 114 cm³/mol. The van der Waals surface area contributed by atoms with E-state index in [4.69, 9.17) is 4.74 Å². The van der Waals surface area contributed by atoms with Gasteiger partial charge in [-0.2, -0.15) is 5.10 Å². The topological polar surface area (TPSA) is 102 Å². The smallest absolute Gasteiger partial charge is 0.310 e. The average molecular weight is 407 g/mol. The molecule has 0 saturated carbocycles. The summed E-state index contributed by atoms with van der Waals surface area (Å²) < 4.78 is 7.16. The predicted octanol–water partition coefficient (Wildman–Crippen LogP) is 2.98. The van der Waals surface area contributed by atoms with Crippen molar-refractivity contribution in [2.75, 3.05) is 25.6 Å². The molecule has 0 atom stereocenters. The zero-order valence-corrected chi connectivity index (χ0v) is 16.6. The molecule has 1 aromatic heterocycles. The molecule has 0 bridgehead atoms. The van der Waals surface area contributed by atoms with Gasteiger partial charge in [0, 0.05) is 37.7 Å². The van der Waals surface area contributed by atoms with Gasteiger partial charge in [-0.25, -0.2) is 5.43 Å². The van der Waals surface area contributed by atoms with E-state index < -0.39 is 17.4 Å². The van der Waals surface area contributed by atoms with E-state index in [-0.39, 0.29) is 11.4 Å². The number of anilines is 1. The van der Waals surface area contributed by atoms with Crippen molar-refractivity contribution in [2.24, 2.45) is 5.10 Å². The third kappa shape index (κ3) is 5.02. The lowest BCUT2D eigenvalue weighted by Crippen LogP contribution is -2.24. The van der Waals surface area contributed by atoms with Crippen LogP contribution >= 0.6 is 0 Å². The molecule has 0 aliphatic carbocycles. The Balaban J connectivity index is 1.59. The first kappa shape index (κ1) is 20.6. The van der Waals surface area contributed by atoms with Gasteiger partial charge in [0.1, 0.15) is 0 Å². The zero-order valence-electron chi connectivity index (χ0n) is 16.6. The van der Waals surface area contributed by atoms with E-state index in [0.717, 1.165) is 17.1 Å². The minimum atomic E-state index is -0.565. The van der Waals surface area contributed by atoms with E-state index in [0.29, 0.717) is 0 Å². The van der Waals surface area contributed by atoms with Crippen molar-refractivity contribution in [1.82, 2.24) is 9.99 Å². The molecule has 1 heterocycles.